The molecule has 3 N–H and O–H groups in total. The average Bonchev–Trinajstić information content (AvgIpc) is 2.75. The lowest BCUT2D eigenvalue weighted by molar-refractivity contribution is -0.138. The molecule has 0 aromatic rings. The molecule has 1 saturated carbocycles. The van der Waals surface area contributed by atoms with E-state index in [9.17, 15) is 18.4 Å². The number of rotatable bonds is 7. The topological polar surface area (TPSA) is 89.9 Å². The molecule has 1 aliphatic rings. The number of carboxylic acid groups (broad SMARTS) is 1. The number of nitrogens with one attached hydrogen (secondary N) is 1. The monoisotopic (exact) mass is 294 g/mol. The molecule has 0 aromatic heterocycles. The van der Waals surface area contributed by atoms with Gasteiger partial charge < -0.3 is 20.4 Å². The molecule has 116 valence electrons. The van der Waals surface area contributed by atoms with E-state index in [0.717, 1.165) is 17.7 Å². The average molecular weight is 294 g/mol. The first-order valence-corrected chi connectivity index (χ1v) is 6.56. The number of halogens is 2. The molecule has 0 saturated heterocycles. The molecule has 0 unspecified atom stereocenters. The molecule has 2 amide bonds. The first kappa shape index (κ1) is 16.6. The molecule has 1 aliphatic carbocycles. The highest BCUT2D eigenvalue weighted by Gasteiger charge is 2.38. The van der Waals surface area contributed by atoms with Crippen LogP contribution in [0.3, 0.4) is 0 Å². The third-order valence-electron chi connectivity index (χ3n) is 3.44. The molecule has 6 nitrogen and oxygen atoms in total. The summed E-state index contributed by atoms with van der Waals surface area (Å²) in [6.07, 6.45) is -0.295. The quantitative estimate of drug-likeness (QED) is 0.654. The Hall–Kier alpha value is -1.44. The van der Waals surface area contributed by atoms with E-state index in [1.54, 1.807) is 0 Å². The number of carbonyl (C=O) groups excluding carboxylic acids is 1. The zero-order valence-electron chi connectivity index (χ0n) is 11.1. The summed E-state index contributed by atoms with van der Waals surface area (Å²) in [4.78, 5) is 23.7. The van der Waals surface area contributed by atoms with Crippen LogP contribution in [0.1, 0.15) is 32.1 Å². The summed E-state index contributed by atoms with van der Waals surface area (Å²) < 4.78 is 24.8. The molecule has 0 spiro atoms. The summed E-state index contributed by atoms with van der Waals surface area (Å²) in [5.41, 5.74) is -0.862. The van der Waals surface area contributed by atoms with Crippen LogP contribution in [0.15, 0.2) is 0 Å². The van der Waals surface area contributed by atoms with Crippen LogP contribution in [-0.4, -0.2) is 58.8 Å². The van der Waals surface area contributed by atoms with Gasteiger partial charge in [-0.1, -0.05) is 12.8 Å². The van der Waals surface area contributed by atoms with E-state index in [0.29, 0.717) is 12.8 Å². The molecule has 8 heteroatoms. The number of aliphatic hydroxyl groups excluding tert-OH is 1. The molecule has 1 rings (SSSR count). The van der Waals surface area contributed by atoms with Gasteiger partial charge in [0.2, 0.25) is 0 Å². The van der Waals surface area contributed by atoms with Crippen molar-refractivity contribution < 1.29 is 28.6 Å². The van der Waals surface area contributed by atoms with E-state index in [1.807, 2.05) is 0 Å². The summed E-state index contributed by atoms with van der Waals surface area (Å²) in [7, 11) is 0. The van der Waals surface area contributed by atoms with Crippen LogP contribution < -0.4 is 5.32 Å². The minimum Gasteiger partial charge on any atom is -0.481 e. The summed E-state index contributed by atoms with van der Waals surface area (Å²) in [6, 6.07) is -0.748. The number of aliphatic carboxylic acids is 1. The maximum atomic E-state index is 12.4. The van der Waals surface area contributed by atoms with Crippen LogP contribution in [0.5, 0.6) is 0 Å². The van der Waals surface area contributed by atoms with Crippen LogP contribution in [-0.2, 0) is 4.79 Å². The predicted molar refractivity (Wildman–Crippen MR) is 66.6 cm³/mol. The zero-order valence-corrected chi connectivity index (χ0v) is 11.1. The number of hydrogen-bond donors (Lipinski definition) is 3. The Balaban J connectivity index is 2.70. The first-order chi connectivity index (χ1) is 9.38. The minimum absolute atomic E-state index is 0.209. The summed E-state index contributed by atoms with van der Waals surface area (Å²) in [6.45, 7) is -1.42. The van der Waals surface area contributed by atoms with Crippen LogP contribution in [0.4, 0.5) is 13.6 Å². The van der Waals surface area contributed by atoms with E-state index < -0.39 is 37.1 Å². The highest BCUT2D eigenvalue weighted by atomic mass is 19.3. The van der Waals surface area contributed by atoms with Gasteiger partial charge >= 0.3 is 12.0 Å². The number of alkyl halides is 2. The van der Waals surface area contributed by atoms with E-state index in [2.05, 4.69) is 5.32 Å². The van der Waals surface area contributed by atoms with Gasteiger partial charge in [0.25, 0.3) is 6.43 Å². The fraction of sp³-hybridized carbons (Fsp3) is 0.833. The van der Waals surface area contributed by atoms with E-state index in [1.165, 1.54) is 0 Å². The largest absolute Gasteiger partial charge is 0.481 e. The molecule has 0 atom stereocenters. The van der Waals surface area contributed by atoms with Gasteiger partial charge in [-0.05, 0) is 12.8 Å². The predicted octanol–water partition coefficient (Wildman–Crippen LogP) is 1.04. The SMILES string of the molecule is O=C(O)CC1(NC(=O)N(CCO)CC(F)F)CCCC1. The van der Waals surface area contributed by atoms with Gasteiger partial charge in [-0.2, -0.15) is 0 Å². The smallest absolute Gasteiger partial charge is 0.318 e. The standard InChI is InChI=1S/C12H20F2N2O4/c13-9(14)8-16(5-6-17)11(20)15-12(7-10(18)19)3-1-2-4-12/h9,17H,1-8H2,(H,15,20)(H,18,19). The van der Waals surface area contributed by atoms with Crippen LogP contribution in [0, 0.1) is 0 Å². The molecular weight excluding hydrogens is 274 g/mol. The number of hydrogen-bond acceptors (Lipinski definition) is 3. The number of amides is 2. The zero-order chi connectivity index (χ0) is 15.2. The molecule has 0 radical (unpaired) electrons. The highest BCUT2D eigenvalue weighted by molar-refractivity contribution is 5.77. The summed E-state index contributed by atoms with van der Waals surface area (Å²) in [5.74, 6) is -1.03. The van der Waals surface area contributed by atoms with Gasteiger partial charge in [-0.15, -0.1) is 0 Å². The van der Waals surface area contributed by atoms with Crippen molar-refractivity contribution in [3.8, 4) is 0 Å². The van der Waals surface area contributed by atoms with Gasteiger partial charge in [0.1, 0.15) is 0 Å². The Labute approximate surface area is 115 Å². The third-order valence-corrected chi connectivity index (χ3v) is 3.44. The van der Waals surface area contributed by atoms with Gasteiger partial charge in [0, 0.05) is 6.54 Å². The molecular formula is C12H20F2N2O4. The molecule has 0 heterocycles. The van der Waals surface area contributed by atoms with Gasteiger partial charge in [-0.3, -0.25) is 4.79 Å². The number of carboxylic acids is 1. The molecule has 0 aromatic carbocycles. The lowest BCUT2D eigenvalue weighted by Gasteiger charge is -2.32. The van der Waals surface area contributed by atoms with Crippen LogP contribution in [0.25, 0.3) is 0 Å². The lowest BCUT2D eigenvalue weighted by Crippen LogP contribution is -2.54. The molecule has 0 bridgehead atoms. The van der Waals surface area contributed by atoms with Crippen molar-refractivity contribution in [1.29, 1.82) is 0 Å². The lowest BCUT2D eigenvalue weighted by atomic mass is 9.93. The van der Waals surface area contributed by atoms with Gasteiger partial charge in [-0.25, -0.2) is 13.6 Å². The third kappa shape index (κ3) is 4.92. The Kier molecular flexibility index (Phi) is 6.12. The summed E-state index contributed by atoms with van der Waals surface area (Å²) >= 11 is 0. The van der Waals surface area contributed by atoms with E-state index in [-0.39, 0.29) is 13.0 Å². The van der Waals surface area contributed by atoms with Crippen molar-refractivity contribution in [3.63, 3.8) is 0 Å². The number of nitrogens with zero attached hydrogens (tertiary/aromatic N) is 1. The number of aliphatic hydroxyl groups is 1. The highest BCUT2D eigenvalue weighted by Crippen LogP contribution is 2.32. The Morgan fingerprint density at radius 2 is 1.90 bits per heavy atom. The second-order valence-corrected chi connectivity index (χ2v) is 5.05. The number of urea groups is 1. The van der Waals surface area contributed by atoms with Crippen molar-refractivity contribution in [2.75, 3.05) is 19.7 Å². The maximum absolute atomic E-state index is 12.4. The fourth-order valence-electron chi connectivity index (χ4n) is 2.56. The second-order valence-electron chi connectivity index (χ2n) is 5.05. The first-order valence-electron chi connectivity index (χ1n) is 6.56. The fourth-order valence-corrected chi connectivity index (χ4v) is 2.56. The van der Waals surface area contributed by atoms with Crippen molar-refractivity contribution in [1.82, 2.24) is 10.2 Å². The molecule has 1 fully saturated rings. The van der Waals surface area contributed by atoms with Crippen LogP contribution >= 0.6 is 0 Å². The Morgan fingerprint density at radius 3 is 2.35 bits per heavy atom. The summed E-state index contributed by atoms with van der Waals surface area (Å²) in [5, 5.41) is 20.3. The Morgan fingerprint density at radius 1 is 1.30 bits per heavy atom. The number of carbonyl (C=O) groups is 2. The van der Waals surface area contributed by atoms with E-state index >= 15 is 0 Å². The second kappa shape index (κ2) is 7.37. The van der Waals surface area contributed by atoms with Gasteiger partial charge in [0.05, 0.1) is 25.1 Å². The van der Waals surface area contributed by atoms with Crippen molar-refractivity contribution >= 4 is 12.0 Å². The molecule has 20 heavy (non-hydrogen) atoms. The maximum Gasteiger partial charge on any atom is 0.318 e. The van der Waals surface area contributed by atoms with Gasteiger partial charge in [0.15, 0.2) is 0 Å². The van der Waals surface area contributed by atoms with E-state index in [4.69, 9.17) is 10.2 Å². The Bertz CT molecular complexity index is 346. The van der Waals surface area contributed by atoms with Crippen molar-refractivity contribution in [3.05, 3.63) is 0 Å². The van der Waals surface area contributed by atoms with Crippen LogP contribution in [0.2, 0.25) is 0 Å². The van der Waals surface area contributed by atoms with Crippen molar-refractivity contribution in [2.24, 2.45) is 0 Å². The van der Waals surface area contributed by atoms with Crippen molar-refractivity contribution in [2.45, 2.75) is 44.1 Å². The normalized spacial score (nSPS) is 17.2. The molecule has 0 aliphatic heterocycles. The minimum atomic E-state index is -2.70.